The van der Waals surface area contributed by atoms with Crippen LogP contribution in [0.5, 0.6) is 0 Å². The van der Waals surface area contributed by atoms with Crippen molar-refractivity contribution in [1.82, 2.24) is 14.9 Å². The van der Waals surface area contributed by atoms with E-state index >= 15 is 0 Å². The predicted molar refractivity (Wildman–Crippen MR) is 65.0 cm³/mol. The minimum atomic E-state index is -0.345. The maximum Gasteiger partial charge on any atom is 0.263 e. The molecule has 0 aliphatic carbocycles. The van der Waals surface area contributed by atoms with Crippen LogP contribution in [-0.2, 0) is 0 Å². The molecule has 1 heterocycles. The summed E-state index contributed by atoms with van der Waals surface area (Å²) in [5.74, 6) is 5.36. The Kier molecular flexibility index (Phi) is 4.41. The van der Waals surface area contributed by atoms with Crippen molar-refractivity contribution < 1.29 is 4.39 Å². The highest BCUT2D eigenvalue weighted by molar-refractivity contribution is 5.85. The van der Waals surface area contributed by atoms with Crippen LogP contribution >= 0.6 is 12.4 Å². The third-order valence-corrected chi connectivity index (χ3v) is 1.85. The van der Waals surface area contributed by atoms with Crippen molar-refractivity contribution in [2.75, 3.05) is 11.3 Å². The topological polar surface area (TPSA) is 81.1 Å². The second-order valence-electron chi connectivity index (χ2n) is 2.95. The number of hydrogen-bond donors (Lipinski definition) is 2. The van der Waals surface area contributed by atoms with Crippen LogP contribution < -0.4 is 11.3 Å². The standard InChI is InChI=1S/C9H9FN6.ClH/c10-8-4-2-1-3-7(8)5-12-14-9-15-13-6-16(9)11;/h1-6H,11H2,(H,14,15);1H. The van der Waals surface area contributed by atoms with E-state index in [1.54, 1.807) is 18.2 Å². The lowest BCUT2D eigenvalue weighted by Gasteiger charge is -1.98. The van der Waals surface area contributed by atoms with Crippen LogP contribution in [0.25, 0.3) is 0 Å². The number of nitrogens with two attached hydrogens (primary N) is 1. The Hall–Kier alpha value is -2.15. The molecule has 1 aromatic carbocycles. The molecule has 0 saturated heterocycles. The molecule has 0 aliphatic heterocycles. The van der Waals surface area contributed by atoms with Gasteiger partial charge >= 0.3 is 0 Å². The van der Waals surface area contributed by atoms with Gasteiger partial charge in [0.25, 0.3) is 5.95 Å². The highest BCUT2D eigenvalue weighted by Gasteiger charge is 1.98. The number of hydrazone groups is 1. The SMILES string of the molecule is Cl.Nn1cnnc1NN=Cc1ccccc1F. The minimum absolute atomic E-state index is 0. The molecule has 3 N–H and O–H groups in total. The number of aromatic nitrogens is 3. The second kappa shape index (κ2) is 5.80. The molecule has 0 fully saturated rings. The molecule has 17 heavy (non-hydrogen) atoms. The molecule has 2 rings (SSSR count). The first kappa shape index (κ1) is 12.9. The maximum atomic E-state index is 13.2. The first-order valence-electron chi connectivity index (χ1n) is 4.46. The summed E-state index contributed by atoms with van der Waals surface area (Å²) in [4.78, 5) is 0. The fraction of sp³-hybridized carbons (Fsp3) is 0. The van der Waals surface area contributed by atoms with Gasteiger partial charge in [0.1, 0.15) is 12.1 Å². The smallest absolute Gasteiger partial charge is 0.263 e. The van der Waals surface area contributed by atoms with Gasteiger partial charge in [0.15, 0.2) is 0 Å². The van der Waals surface area contributed by atoms with Crippen molar-refractivity contribution in [3.63, 3.8) is 0 Å². The summed E-state index contributed by atoms with van der Waals surface area (Å²) < 4.78 is 14.3. The van der Waals surface area contributed by atoms with Crippen LogP contribution in [0, 0.1) is 5.82 Å². The molecule has 8 heteroatoms. The molecule has 0 atom stereocenters. The van der Waals surface area contributed by atoms with Crippen LogP contribution in [0.1, 0.15) is 5.56 Å². The highest BCUT2D eigenvalue weighted by atomic mass is 35.5. The van der Waals surface area contributed by atoms with Gasteiger partial charge in [-0.2, -0.15) is 5.10 Å². The van der Waals surface area contributed by atoms with Gasteiger partial charge in [-0.25, -0.2) is 14.5 Å². The zero-order valence-corrected chi connectivity index (χ0v) is 9.43. The number of halogens is 2. The quantitative estimate of drug-likeness (QED) is 0.488. The highest BCUT2D eigenvalue weighted by Crippen LogP contribution is 2.03. The summed E-state index contributed by atoms with van der Waals surface area (Å²) in [6.07, 6.45) is 2.66. The Morgan fingerprint density at radius 3 is 2.82 bits per heavy atom. The van der Waals surface area contributed by atoms with Crippen LogP contribution in [0.3, 0.4) is 0 Å². The molecule has 2 aromatic rings. The summed E-state index contributed by atoms with van der Waals surface area (Å²) in [6, 6.07) is 6.28. The van der Waals surface area contributed by atoms with Gasteiger partial charge < -0.3 is 5.84 Å². The average Bonchev–Trinajstić information content (AvgIpc) is 2.67. The summed E-state index contributed by atoms with van der Waals surface area (Å²) in [6.45, 7) is 0. The molecule has 0 bridgehead atoms. The minimum Gasteiger partial charge on any atom is -0.335 e. The number of rotatable bonds is 3. The van der Waals surface area contributed by atoms with Crippen molar-refractivity contribution in [1.29, 1.82) is 0 Å². The van der Waals surface area contributed by atoms with Gasteiger partial charge in [-0.05, 0) is 6.07 Å². The summed E-state index contributed by atoms with van der Waals surface area (Å²) in [5, 5.41) is 11.0. The van der Waals surface area contributed by atoms with Crippen molar-refractivity contribution in [3.05, 3.63) is 42.0 Å². The number of benzene rings is 1. The van der Waals surface area contributed by atoms with Gasteiger partial charge in [-0.1, -0.05) is 18.2 Å². The number of nitrogens with one attached hydrogen (secondary N) is 1. The monoisotopic (exact) mass is 256 g/mol. The van der Waals surface area contributed by atoms with E-state index in [1.807, 2.05) is 0 Å². The number of nitrogens with zero attached hydrogens (tertiary/aromatic N) is 4. The first-order valence-corrected chi connectivity index (χ1v) is 4.46. The summed E-state index contributed by atoms with van der Waals surface area (Å²) >= 11 is 0. The van der Waals surface area contributed by atoms with E-state index < -0.39 is 0 Å². The zero-order chi connectivity index (χ0) is 11.4. The molecular weight excluding hydrogens is 247 g/mol. The van der Waals surface area contributed by atoms with Crippen LogP contribution in [0.4, 0.5) is 10.3 Å². The van der Waals surface area contributed by atoms with Gasteiger partial charge in [-0.3, -0.25) is 0 Å². The number of nitrogen functional groups attached to an aromatic ring is 1. The Bertz CT molecular complexity index is 512. The van der Waals surface area contributed by atoms with Crippen molar-refractivity contribution >= 4 is 24.6 Å². The maximum absolute atomic E-state index is 13.2. The number of anilines is 1. The van der Waals surface area contributed by atoms with Gasteiger partial charge in [-0.15, -0.1) is 22.6 Å². The van der Waals surface area contributed by atoms with Gasteiger partial charge in [0.2, 0.25) is 0 Å². The Morgan fingerprint density at radius 2 is 2.18 bits per heavy atom. The molecule has 0 radical (unpaired) electrons. The molecule has 0 aliphatic rings. The Morgan fingerprint density at radius 1 is 1.41 bits per heavy atom. The third kappa shape index (κ3) is 3.15. The molecule has 0 unspecified atom stereocenters. The van der Waals surface area contributed by atoms with E-state index in [0.717, 1.165) is 0 Å². The molecule has 0 amide bonds. The van der Waals surface area contributed by atoms with E-state index in [0.29, 0.717) is 5.56 Å². The first-order chi connectivity index (χ1) is 7.77. The number of hydrogen-bond acceptors (Lipinski definition) is 5. The molecule has 6 nitrogen and oxygen atoms in total. The normalized spacial score (nSPS) is 10.2. The van der Waals surface area contributed by atoms with Crippen LogP contribution in [0.15, 0.2) is 35.7 Å². The molecule has 0 saturated carbocycles. The van der Waals surface area contributed by atoms with E-state index in [4.69, 9.17) is 5.84 Å². The molecular formula is C9H10ClFN6. The fourth-order valence-electron chi connectivity index (χ4n) is 1.06. The summed E-state index contributed by atoms with van der Waals surface area (Å²) in [5.41, 5.74) is 2.91. The lowest BCUT2D eigenvalue weighted by Crippen LogP contribution is -2.10. The summed E-state index contributed by atoms with van der Waals surface area (Å²) in [7, 11) is 0. The fourth-order valence-corrected chi connectivity index (χ4v) is 1.06. The average molecular weight is 257 g/mol. The van der Waals surface area contributed by atoms with E-state index in [1.165, 1.54) is 23.3 Å². The van der Waals surface area contributed by atoms with E-state index in [2.05, 4.69) is 20.7 Å². The second-order valence-corrected chi connectivity index (χ2v) is 2.95. The predicted octanol–water partition coefficient (Wildman–Crippen LogP) is 0.999. The van der Waals surface area contributed by atoms with E-state index in [-0.39, 0.29) is 24.2 Å². The van der Waals surface area contributed by atoms with Crippen molar-refractivity contribution in [3.8, 4) is 0 Å². The van der Waals surface area contributed by atoms with Gasteiger partial charge in [0.05, 0.1) is 6.21 Å². The van der Waals surface area contributed by atoms with Crippen LogP contribution in [0.2, 0.25) is 0 Å². The van der Waals surface area contributed by atoms with Crippen LogP contribution in [-0.4, -0.2) is 21.1 Å². The van der Waals surface area contributed by atoms with E-state index in [9.17, 15) is 4.39 Å². The van der Waals surface area contributed by atoms with Gasteiger partial charge in [0, 0.05) is 5.56 Å². The lowest BCUT2D eigenvalue weighted by molar-refractivity contribution is 0.626. The zero-order valence-electron chi connectivity index (χ0n) is 8.62. The lowest BCUT2D eigenvalue weighted by atomic mass is 10.2. The Labute approximate surface area is 103 Å². The molecule has 1 aromatic heterocycles. The molecule has 0 spiro atoms. The third-order valence-electron chi connectivity index (χ3n) is 1.85. The molecule has 90 valence electrons. The van der Waals surface area contributed by atoms with Crippen molar-refractivity contribution in [2.45, 2.75) is 0 Å². The Balaban J connectivity index is 0.00000144. The largest absolute Gasteiger partial charge is 0.335 e. The van der Waals surface area contributed by atoms with Crippen molar-refractivity contribution in [2.24, 2.45) is 5.10 Å².